The molecule has 0 radical (unpaired) electrons. The molecule has 0 spiro atoms. The predicted octanol–water partition coefficient (Wildman–Crippen LogP) is 3.85. The molecule has 0 saturated heterocycles. The van der Waals surface area contributed by atoms with E-state index in [4.69, 9.17) is 0 Å². The number of nitrogens with zero attached hydrogens (tertiary/aromatic N) is 1. The van der Waals surface area contributed by atoms with E-state index in [1.54, 1.807) is 16.7 Å². The molecule has 1 N–H and O–H groups in total. The Balaban J connectivity index is 1.78. The highest BCUT2D eigenvalue weighted by Gasteiger charge is 2.27. The van der Waals surface area contributed by atoms with Crippen molar-refractivity contribution in [2.45, 2.75) is 30.4 Å². The molecule has 2 amide bonds. The number of fused-ring (bicyclic) bond motifs is 1. The van der Waals surface area contributed by atoms with E-state index in [1.165, 1.54) is 0 Å². The smallest absolute Gasteiger partial charge is 0.244 e. The van der Waals surface area contributed by atoms with Crippen LogP contribution in [-0.2, 0) is 9.59 Å². The van der Waals surface area contributed by atoms with Gasteiger partial charge in [-0.05, 0) is 31.2 Å². The van der Waals surface area contributed by atoms with Gasteiger partial charge in [-0.1, -0.05) is 36.8 Å². The van der Waals surface area contributed by atoms with Crippen LogP contribution in [0.15, 0.2) is 53.4 Å². The first-order valence-electron chi connectivity index (χ1n) is 7.95. The Morgan fingerprint density at radius 3 is 2.67 bits per heavy atom. The molecule has 3 rings (SSSR count). The van der Waals surface area contributed by atoms with Gasteiger partial charge in [0, 0.05) is 22.3 Å². The predicted molar refractivity (Wildman–Crippen MR) is 98.5 cm³/mol. The third-order valence-electron chi connectivity index (χ3n) is 3.88. The molecule has 1 heterocycles. The van der Waals surface area contributed by atoms with Gasteiger partial charge in [-0.2, -0.15) is 0 Å². The van der Waals surface area contributed by atoms with E-state index in [-0.39, 0.29) is 23.6 Å². The molecule has 0 bridgehead atoms. The minimum Gasteiger partial charge on any atom is -0.325 e. The number of carbonyl (C=O) groups excluding carboxylic acids is 2. The van der Waals surface area contributed by atoms with Crippen molar-refractivity contribution in [3.8, 4) is 0 Å². The van der Waals surface area contributed by atoms with Crippen LogP contribution in [0.4, 0.5) is 11.4 Å². The number of hydrogen-bond acceptors (Lipinski definition) is 3. The molecule has 124 valence electrons. The first kappa shape index (κ1) is 16.6. The third kappa shape index (κ3) is 3.79. The fraction of sp³-hybridized carbons (Fsp3) is 0.263. The van der Waals surface area contributed by atoms with Crippen LogP contribution in [0.2, 0.25) is 0 Å². The lowest BCUT2D eigenvalue weighted by atomic mass is 10.2. The Labute approximate surface area is 146 Å². The maximum atomic E-state index is 12.6. The van der Waals surface area contributed by atoms with Gasteiger partial charge in [0.05, 0.1) is 5.69 Å². The second-order valence-electron chi connectivity index (χ2n) is 5.99. The highest BCUT2D eigenvalue weighted by atomic mass is 32.2. The van der Waals surface area contributed by atoms with Crippen LogP contribution in [0, 0.1) is 6.92 Å². The largest absolute Gasteiger partial charge is 0.325 e. The molecule has 0 aliphatic carbocycles. The van der Waals surface area contributed by atoms with Crippen LogP contribution >= 0.6 is 11.8 Å². The van der Waals surface area contributed by atoms with Crippen LogP contribution in [0.3, 0.4) is 0 Å². The molecule has 1 atom stereocenters. The molecule has 0 aromatic heterocycles. The summed E-state index contributed by atoms with van der Waals surface area (Å²) in [6.07, 6.45) is 0.428. The normalized spacial score (nSPS) is 17.2. The molecule has 2 aromatic carbocycles. The number of anilines is 2. The van der Waals surface area contributed by atoms with E-state index in [2.05, 4.69) is 5.32 Å². The number of thioether (sulfide) groups is 1. The molecule has 0 saturated carbocycles. The van der Waals surface area contributed by atoms with E-state index < -0.39 is 0 Å². The molecule has 24 heavy (non-hydrogen) atoms. The zero-order chi connectivity index (χ0) is 17.1. The number of nitrogens with one attached hydrogen (secondary N) is 1. The quantitative estimate of drug-likeness (QED) is 0.923. The van der Waals surface area contributed by atoms with E-state index >= 15 is 0 Å². The maximum absolute atomic E-state index is 12.6. The Bertz CT molecular complexity index is 758. The van der Waals surface area contributed by atoms with Gasteiger partial charge in [0.2, 0.25) is 11.8 Å². The number of hydrogen-bond donors (Lipinski definition) is 1. The van der Waals surface area contributed by atoms with Crippen LogP contribution in [0.25, 0.3) is 0 Å². The van der Waals surface area contributed by atoms with Crippen molar-refractivity contribution in [3.63, 3.8) is 0 Å². The first-order valence-corrected chi connectivity index (χ1v) is 8.83. The van der Waals surface area contributed by atoms with Gasteiger partial charge in [0.1, 0.15) is 6.54 Å². The summed E-state index contributed by atoms with van der Waals surface area (Å²) in [5.41, 5.74) is 2.69. The van der Waals surface area contributed by atoms with Crippen molar-refractivity contribution < 1.29 is 9.59 Å². The fourth-order valence-electron chi connectivity index (χ4n) is 2.68. The molecule has 1 aliphatic heterocycles. The Hall–Kier alpha value is -2.27. The highest BCUT2D eigenvalue weighted by molar-refractivity contribution is 8.00. The third-order valence-corrected chi connectivity index (χ3v) is 5.05. The summed E-state index contributed by atoms with van der Waals surface area (Å²) in [7, 11) is 0. The van der Waals surface area contributed by atoms with Crippen molar-refractivity contribution >= 4 is 35.0 Å². The van der Waals surface area contributed by atoms with Gasteiger partial charge >= 0.3 is 0 Å². The Morgan fingerprint density at radius 2 is 1.92 bits per heavy atom. The van der Waals surface area contributed by atoms with Crippen LogP contribution in [0.5, 0.6) is 0 Å². The highest BCUT2D eigenvalue weighted by Crippen LogP contribution is 2.37. The topological polar surface area (TPSA) is 49.4 Å². The average Bonchev–Trinajstić information content (AvgIpc) is 2.66. The summed E-state index contributed by atoms with van der Waals surface area (Å²) in [5, 5.41) is 3.06. The molecule has 5 heteroatoms. The fourth-order valence-corrected chi connectivity index (χ4v) is 3.80. The lowest BCUT2D eigenvalue weighted by molar-refractivity contribution is -0.121. The minimum atomic E-state index is -0.193. The second-order valence-corrected chi connectivity index (χ2v) is 7.47. The summed E-state index contributed by atoms with van der Waals surface area (Å²) in [4.78, 5) is 27.6. The zero-order valence-electron chi connectivity index (χ0n) is 13.8. The van der Waals surface area contributed by atoms with Gasteiger partial charge in [-0.25, -0.2) is 0 Å². The SMILES string of the molecule is Cc1ccc(NC(=O)CN2C(=O)CC(C)Sc3ccccc32)cc1. The second kappa shape index (κ2) is 7.09. The molecule has 1 aliphatic rings. The monoisotopic (exact) mass is 340 g/mol. The van der Waals surface area contributed by atoms with Crippen molar-refractivity contribution in [2.24, 2.45) is 0 Å². The summed E-state index contributed by atoms with van der Waals surface area (Å²) in [5.74, 6) is -0.208. The Morgan fingerprint density at radius 1 is 1.21 bits per heavy atom. The van der Waals surface area contributed by atoms with E-state index in [9.17, 15) is 9.59 Å². The number of carbonyl (C=O) groups is 2. The number of benzene rings is 2. The summed E-state index contributed by atoms with van der Waals surface area (Å²) >= 11 is 1.68. The van der Waals surface area contributed by atoms with Crippen molar-refractivity contribution in [3.05, 3.63) is 54.1 Å². The molecular weight excluding hydrogens is 320 g/mol. The van der Waals surface area contributed by atoms with Gasteiger partial charge in [0.15, 0.2) is 0 Å². The molecule has 0 fully saturated rings. The van der Waals surface area contributed by atoms with Crippen molar-refractivity contribution in [1.29, 1.82) is 0 Å². The zero-order valence-corrected chi connectivity index (χ0v) is 14.6. The number of para-hydroxylation sites is 1. The minimum absolute atomic E-state index is 0.0148. The summed E-state index contributed by atoms with van der Waals surface area (Å²) < 4.78 is 0. The molecule has 4 nitrogen and oxygen atoms in total. The summed E-state index contributed by atoms with van der Waals surface area (Å²) in [6, 6.07) is 15.4. The standard InChI is InChI=1S/C19H20N2O2S/c1-13-7-9-15(10-8-13)20-18(22)12-21-16-5-3-4-6-17(16)24-14(2)11-19(21)23/h3-10,14H,11-12H2,1-2H3,(H,20,22). The summed E-state index contributed by atoms with van der Waals surface area (Å²) in [6.45, 7) is 4.06. The Kier molecular flexibility index (Phi) is 4.90. The maximum Gasteiger partial charge on any atom is 0.244 e. The van der Waals surface area contributed by atoms with Crippen molar-refractivity contribution in [1.82, 2.24) is 0 Å². The van der Waals surface area contributed by atoms with Crippen molar-refractivity contribution in [2.75, 3.05) is 16.8 Å². The molecule has 1 unspecified atom stereocenters. The van der Waals surface area contributed by atoms with Gasteiger partial charge < -0.3 is 10.2 Å². The molecule has 2 aromatic rings. The van der Waals surface area contributed by atoms with E-state index in [1.807, 2.05) is 62.4 Å². The average molecular weight is 340 g/mol. The number of rotatable bonds is 3. The first-order chi connectivity index (χ1) is 11.5. The van der Waals surface area contributed by atoms with Gasteiger partial charge in [0.25, 0.3) is 0 Å². The number of aryl methyl sites for hydroxylation is 1. The van der Waals surface area contributed by atoms with E-state index in [0.29, 0.717) is 6.42 Å². The van der Waals surface area contributed by atoms with Gasteiger partial charge in [-0.3, -0.25) is 9.59 Å². The number of amides is 2. The van der Waals surface area contributed by atoms with E-state index in [0.717, 1.165) is 21.8 Å². The van der Waals surface area contributed by atoms with Crippen LogP contribution in [0.1, 0.15) is 18.9 Å². The van der Waals surface area contributed by atoms with Gasteiger partial charge in [-0.15, -0.1) is 11.8 Å². The lowest BCUT2D eigenvalue weighted by Gasteiger charge is -2.22. The lowest BCUT2D eigenvalue weighted by Crippen LogP contribution is -2.38. The molecular formula is C19H20N2O2S. The van der Waals surface area contributed by atoms with Crippen LogP contribution in [-0.4, -0.2) is 23.6 Å². The van der Waals surface area contributed by atoms with Crippen LogP contribution < -0.4 is 10.2 Å².